The zero-order chi connectivity index (χ0) is 26.4. The van der Waals surface area contributed by atoms with E-state index in [1.54, 1.807) is 0 Å². The van der Waals surface area contributed by atoms with Gasteiger partial charge in [0.25, 0.3) is 11.4 Å². The van der Waals surface area contributed by atoms with Crippen molar-refractivity contribution in [3.63, 3.8) is 0 Å². The van der Waals surface area contributed by atoms with Gasteiger partial charge >= 0.3 is 0 Å². The molecule has 0 amide bonds. The van der Waals surface area contributed by atoms with Crippen molar-refractivity contribution in [1.29, 1.82) is 0 Å². The molecule has 0 atom stereocenters. The summed E-state index contributed by atoms with van der Waals surface area (Å²) < 4.78 is 26.8. The van der Waals surface area contributed by atoms with Crippen LogP contribution in [-0.4, -0.2) is 30.3 Å². The molecular formula is C26H34N4O6S. The summed E-state index contributed by atoms with van der Waals surface area (Å²) in [6.07, 6.45) is 12.3. The molecule has 0 unspecified atom stereocenters. The van der Waals surface area contributed by atoms with Gasteiger partial charge in [0.05, 0.1) is 19.6 Å². The Balaban J connectivity index is 1.62. The fourth-order valence-corrected chi connectivity index (χ4v) is 6.63. The second kappa shape index (κ2) is 11.9. The van der Waals surface area contributed by atoms with Crippen LogP contribution >= 0.6 is 0 Å². The zero-order valence-electron chi connectivity index (χ0n) is 20.9. The third-order valence-corrected chi connectivity index (χ3v) is 9.13. The number of hydrogen-bond donors (Lipinski definition) is 2. The molecule has 200 valence electrons. The largest absolute Gasteiger partial charge is 0.377 e. The van der Waals surface area contributed by atoms with Crippen LogP contribution in [-0.2, 0) is 9.84 Å². The van der Waals surface area contributed by atoms with Crippen molar-refractivity contribution in [1.82, 2.24) is 0 Å². The number of benzene rings is 2. The highest BCUT2D eigenvalue weighted by atomic mass is 32.2. The van der Waals surface area contributed by atoms with Gasteiger partial charge in [-0.05, 0) is 49.9 Å². The van der Waals surface area contributed by atoms with E-state index in [0.717, 1.165) is 89.2 Å². The Bertz CT molecular complexity index is 1140. The van der Waals surface area contributed by atoms with Crippen LogP contribution in [0.4, 0.5) is 22.7 Å². The third-order valence-electron chi connectivity index (χ3n) is 7.38. The van der Waals surface area contributed by atoms with Crippen LogP contribution < -0.4 is 10.6 Å². The Morgan fingerprint density at radius 1 is 0.622 bits per heavy atom. The van der Waals surface area contributed by atoms with Crippen molar-refractivity contribution < 1.29 is 18.3 Å². The van der Waals surface area contributed by atoms with Crippen molar-refractivity contribution >= 4 is 32.6 Å². The average molecular weight is 531 g/mol. The van der Waals surface area contributed by atoms with E-state index in [-0.39, 0.29) is 44.6 Å². The standard InChI is InChI=1S/C26H34N4O6S/c31-29(32)25-17-21(13-15-23(25)27-19-9-5-1-2-6-10-19)37(35,36)22-14-16-24(26(18-22)30(33)34)28-20-11-7-3-4-8-12-20/h13-20,27-28H,1-12H2. The van der Waals surface area contributed by atoms with Gasteiger partial charge in [-0.25, -0.2) is 8.42 Å². The Morgan fingerprint density at radius 3 is 1.30 bits per heavy atom. The predicted molar refractivity (Wildman–Crippen MR) is 142 cm³/mol. The van der Waals surface area contributed by atoms with Gasteiger partial charge in [-0.15, -0.1) is 0 Å². The predicted octanol–water partition coefficient (Wildman–Crippen LogP) is 6.61. The van der Waals surface area contributed by atoms with Crippen LogP contribution in [0.2, 0.25) is 0 Å². The molecule has 2 aromatic carbocycles. The molecule has 0 heterocycles. The Kier molecular flexibility index (Phi) is 8.63. The molecule has 4 rings (SSSR count). The summed E-state index contributed by atoms with van der Waals surface area (Å²) in [5.74, 6) is 0. The molecule has 0 aromatic heterocycles. The molecular weight excluding hydrogens is 496 g/mol. The maximum atomic E-state index is 13.4. The molecule has 2 N–H and O–H groups in total. The molecule has 0 aliphatic heterocycles. The molecule has 0 bridgehead atoms. The van der Waals surface area contributed by atoms with Gasteiger partial charge in [0.1, 0.15) is 11.4 Å². The first kappa shape index (κ1) is 26.8. The summed E-state index contributed by atoms with van der Waals surface area (Å²) in [6.45, 7) is 0. The molecule has 0 spiro atoms. The minimum Gasteiger partial charge on any atom is -0.377 e. The summed E-state index contributed by atoms with van der Waals surface area (Å²) in [7, 11) is -4.23. The summed E-state index contributed by atoms with van der Waals surface area (Å²) in [5.41, 5.74) is -0.0903. The molecule has 2 aliphatic rings. The number of rotatable bonds is 8. The smallest absolute Gasteiger partial charge is 0.293 e. The summed E-state index contributed by atoms with van der Waals surface area (Å²) in [6, 6.07) is 7.77. The minimum absolute atomic E-state index is 0.0970. The second-order valence-electron chi connectivity index (χ2n) is 10.0. The number of sulfone groups is 1. The van der Waals surface area contributed by atoms with Crippen LogP contribution in [0.1, 0.15) is 77.0 Å². The van der Waals surface area contributed by atoms with Crippen molar-refractivity contribution in [2.75, 3.05) is 10.6 Å². The summed E-state index contributed by atoms with van der Waals surface area (Å²) in [5, 5.41) is 30.1. The van der Waals surface area contributed by atoms with Crippen molar-refractivity contribution in [2.24, 2.45) is 0 Å². The third kappa shape index (κ3) is 6.57. The SMILES string of the molecule is O=[N+]([O-])c1cc(S(=O)(=O)c2ccc(NC3CCCCCC3)c([N+](=O)[O-])c2)ccc1NC1CCCCCC1. The van der Waals surface area contributed by atoms with Crippen molar-refractivity contribution in [2.45, 2.75) is 98.9 Å². The number of nitro benzene ring substituents is 2. The maximum Gasteiger partial charge on any atom is 0.293 e. The number of hydrogen-bond acceptors (Lipinski definition) is 8. The number of nitrogens with one attached hydrogen (secondary N) is 2. The fourth-order valence-electron chi connectivity index (χ4n) is 5.33. The molecule has 0 saturated heterocycles. The first-order valence-electron chi connectivity index (χ1n) is 13.1. The van der Waals surface area contributed by atoms with Gasteiger partial charge in [-0.3, -0.25) is 20.2 Å². The lowest BCUT2D eigenvalue weighted by molar-refractivity contribution is -0.384. The van der Waals surface area contributed by atoms with Gasteiger partial charge in [0.15, 0.2) is 0 Å². The molecule has 2 aromatic rings. The Hall–Kier alpha value is -3.21. The normalized spacial score (nSPS) is 17.9. The van der Waals surface area contributed by atoms with E-state index in [4.69, 9.17) is 0 Å². The van der Waals surface area contributed by atoms with Gasteiger partial charge in [0, 0.05) is 24.2 Å². The van der Waals surface area contributed by atoms with E-state index in [1.165, 1.54) is 24.3 Å². The molecule has 10 nitrogen and oxygen atoms in total. The molecule has 2 saturated carbocycles. The highest BCUT2D eigenvalue weighted by molar-refractivity contribution is 7.91. The quantitative estimate of drug-likeness (QED) is 0.220. The molecule has 2 aliphatic carbocycles. The van der Waals surface area contributed by atoms with E-state index in [0.29, 0.717) is 0 Å². The van der Waals surface area contributed by atoms with E-state index in [2.05, 4.69) is 10.6 Å². The van der Waals surface area contributed by atoms with Crippen molar-refractivity contribution in [3.05, 3.63) is 56.6 Å². The number of nitro groups is 2. The lowest BCUT2D eigenvalue weighted by Crippen LogP contribution is -2.19. The van der Waals surface area contributed by atoms with E-state index in [9.17, 15) is 28.6 Å². The van der Waals surface area contributed by atoms with Crippen molar-refractivity contribution in [3.8, 4) is 0 Å². The number of anilines is 2. The van der Waals surface area contributed by atoms with E-state index < -0.39 is 19.7 Å². The van der Waals surface area contributed by atoms with Gasteiger partial charge < -0.3 is 10.6 Å². The zero-order valence-corrected chi connectivity index (χ0v) is 21.7. The van der Waals surface area contributed by atoms with E-state index >= 15 is 0 Å². The fraction of sp³-hybridized carbons (Fsp3) is 0.538. The summed E-state index contributed by atoms with van der Waals surface area (Å²) >= 11 is 0. The number of nitrogens with zero attached hydrogens (tertiary/aromatic N) is 2. The van der Waals surface area contributed by atoms with Crippen LogP contribution in [0.3, 0.4) is 0 Å². The van der Waals surface area contributed by atoms with E-state index in [1.807, 2.05) is 0 Å². The first-order chi connectivity index (χ1) is 17.8. The van der Waals surface area contributed by atoms with Crippen LogP contribution in [0.15, 0.2) is 46.2 Å². The highest BCUT2D eigenvalue weighted by Gasteiger charge is 2.28. The molecule has 0 radical (unpaired) electrons. The lowest BCUT2D eigenvalue weighted by atomic mass is 10.1. The average Bonchev–Trinajstić information content (AvgIpc) is 3.29. The molecule has 11 heteroatoms. The molecule has 37 heavy (non-hydrogen) atoms. The first-order valence-corrected chi connectivity index (χ1v) is 14.6. The minimum atomic E-state index is -4.23. The Labute approximate surface area is 217 Å². The van der Waals surface area contributed by atoms with Crippen LogP contribution in [0.5, 0.6) is 0 Å². The van der Waals surface area contributed by atoms with Crippen LogP contribution in [0.25, 0.3) is 0 Å². The van der Waals surface area contributed by atoms with Gasteiger partial charge in [-0.2, -0.15) is 0 Å². The second-order valence-corrected chi connectivity index (χ2v) is 12.0. The Morgan fingerprint density at radius 2 is 0.973 bits per heavy atom. The summed E-state index contributed by atoms with van der Waals surface area (Å²) in [4.78, 5) is 21.9. The van der Waals surface area contributed by atoms with Gasteiger partial charge in [-0.1, -0.05) is 51.4 Å². The molecule has 2 fully saturated rings. The van der Waals surface area contributed by atoms with Crippen LogP contribution in [0, 0.1) is 20.2 Å². The monoisotopic (exact) mass is 530 g/mol. The topological polar surface area (TPSA) is 144 Å². The lowest BCUT2D eigenvalue weighted by Gasteiger charge is -2.18. The maximum absolute atomic E-state index is 13.4. The van der Waals surface area contributed by atoms with Gasteiger partial charge in [0.2, 0.25) is 9.84 Å². The highest BCUT2D eigenvalue weighted by Crippen LogP contribution is 2.35.